The second kappa shape index (κ2) is 2.68. The molecule has 2 fully saturated rings. The zero-order valence-electron chi connectivity index (χ0n) is 6.19. The van der Waals surface area contributed by atoms with Crippen LogP contribution >= 0.6 is 34.8 Å². The molecule has 64 valence electrons. The molecule has 3 heteroatoms. The summed E-state index contributed by atoms with van der Waals surface area (Å²) in [7, 11) is 0. The van der Waals surface area contributed by atoms with Crippen LogP contribution < -0.4 is 0 Å². The van der Waals surface area contributed by atoms with Crippen LogP contribution in [0.5, 0.6) is 0 Å². The van der Waals surface area contributed by atoms with E-state index in [-0.39, 0.29) is 0 Å². The molecule has 0 N–H and O–H groups in total. The summed E-state index contributed by atoms with van der Waals surface area (Å²) in [5.41, 5.74) is 0. The van der Waals surface area contributed by atoms with Gasteiger partial charge in [-0.15, -0.1) is 0 Å². The van der Waals surface area contributed by atoms with Gasteiger partial charge in [0.25, 0.3) is 0 Å². The highest BCUT2D eigenvalue weighted by Crippen LogP contribution is 2.56. The van der Waals surface area contributed by atoms with Gasteiger partial charge in [-0.1, -0.05) is 41.2 Å². The third-order valence-electron chi connectivity index (χ3n) is 3.16. The van der Waals surface area contributed by atoms with Crippen molar-refractivity contribution in [3.8, 4) is 0 Å². The first-order valence-corrected chi connectivity index (χ1v) is 5.27. The maximum absolute atomic E-state index is 5.86. The number of hydrogen-bond acceptors (Lipinski definition) is 0. The van der Waals surface area contributed by atoms with Crippen molar-refractivity contribution < 1.29 is 0 Å². The zero-order chi connectivity index (χ0) is 8.06. The lowest BCUT2D eigenvalue weighted by Gasteiger charge is -2.27. The lowest BCUT2D eigenvalue weighted by molar-refractivity contribution is 0.337. The predicted octanol–water partition coefficient (Wildman–Crippen LogP) is 3.79. The summed E-state index contributed by atoms with van der Waals surface area (Å²) in [5, 5.41) is 0. The standard InChI is InChI=1S/C8H11Cl3/c9-8(10,11)7-4-5-1-2-6(7)3-5/h5-7H,1-4H2. The van der Waals surface area contributed by atoms with E-state index in [0.717, 1.165) is 12.3 Å². The van der Waals surface area contributed by atoms with E-state index >= 15 is 0 Å². The SMILES string of the molecule is ClC(Cl)(Cl)C1CC2CCC1C2. The zero-order valence-corrected chi connectivity index (χ0v) is 8.46. The predicted molar refractivity (Wildman–Crippen MR) is 49.2 cm³/mol. The summed E-state index contributed by atoms with van der Waals surface area (Å²) < 4.78 is -1.00. The largest absolute Gasteiger partial charge is 0.193 e. The van der Waals surface area contributed by atoms with Crippen molar-refractivity contribution in [3.05, 3.63) is 0 Å². The second-order valence-electron chi connectivity index (χ2n) is 3.82. The summed E-state index contributed by atoms with van der Waals surface area (Å²) in [6.45, 7) is 0. The van der Waals surface area contributed by atoms with Gasteiger partial charge >= 0.3 is 0 Å². The average Bonchev–Trinajstić information content (AvgIpc) is 2.42. The number of alkyl halides is 3. The van der Waals surface area contributed by atoms with Crippen molar-refractivity contribution in [1.82, 2.24) is 0 Å². The maximum atomic E-state index is 5.86. The fourth-order valence-electron chi connectivity index (χ4n) is 2.65. The highest BCUT2D eigenvalue weighted by molar-refractivity contribution is 6.67. The number of rotatable bonds is 0. The molecule has 3 atom stereocenters. The van der Waals surface area contributed by atoms with Gasteiger partial charge < -0.3 is 0 Å². The van der Waals surface area contributed by atoms with E-state index < -0.39 is 3.79 Å². The van der Waals surface area contributed by atoms with E-state index in [4.69, 9.17) is 34.8 Å². The van der Waals surface area contributed by atoms with Gasteiger partial charge in [0.15, 0.2) is 3.79 Å². The summed E-state index contributed by atoms with van der Waals surface area (Å²) in [5.74, 6) is 1.90. The van der Waals surface area contributed by atoms with Gasteiger partial charge in [0, 0.05) is 5.92 Å². The first-order chi connectivity index (χ1) is 5.07. The van der Waals surface area contributed by atoms with E-state index in [1.54, 1.807) is 0 Å². The quantitative estimate of drug-likeness (QED) is 0.537. The van der Waals surface area contributed by atoms with Crippen molar-refractivity contribution in [2.45, 2.75) is 29.5 Å². The molecule has 0 aromatic rings. The van der Waals surface area contributed by atoms with Crippen molar-refractivity contribution in [2.75, 3.05) is 0 Å². The molecule has 11 heavy (non-hydrogen) atoms. The minimum atomic E-state index is -1.00. The molecular formula is C8H11Cl3. The average molecular weight is 214 g/mol. The van der Waals surface area contributed by atoms with Crippen molar-refractivity contribution in [2.24, 2.45) is 17.8 Å². The molecule has 0 aromatic heterocycles. The van der Waals surface area contributed by atoms with Crippen LogP contribution in [0.15, 0.2) is 0 Å². The Morgan fingerprint density at radius 3 is 2.00 bits per heavy atom. The minimum absolute atomic E-state index is 0.339. The maximum Gasteiger partial charge on any atom is 0.193 e. The molecule has 0 nitrogen and oxygen atoms in total. The third kappa shape index (κ3) is 1.50. The fourth-order valence-corrected chi connectivity index (χ4v) is 3.45. The molecule has 2 bridgehead atoms. The molecule has 0 heterocycles. The van der Waals surface area contributed by atoms with Crippen molar-refractivity contribution in [3.63, 3.8) is 0 Å². The van der Waals surface area contributed by atoms with Gasteiger partial charge in [0.1, 0.15) is 0 Å². The van der Waals surface area contributed by atoms with Gasteiger partial charge in [-0.3, -0.25) is 0 Å². The van der Waals surface area contributed by atoms with Crippen LogP contribution in [-0.4, -0.2) is 3.79 Å². The van der Waals surface area contributed by atoms with Crippen LogP contribution in [0.25, 0.3) is 0 Å². The van der Waals surface area contributed by atoms with Crippen LogP contribution in [0.2, 0.25) is 0 Å². The number of hydrogen-bond donors (Lipinski definition) is 0. The highest BCUT2D eigenvalue weighted by atomic mass is 35.6. The molecule has 3 unspecified atom stereocenters. The summed E-state index contributed by atoms with van der Waals surface area (Å²) in [4.78, 5) is 0. The summed E-state index contributed by atoms with van der Waals surface area (Å²) in [6, 6.07) is 0. The molecule has 2 aliphatic carbocycles. The second-order valence-corrected chi connectivity index (χ2v) is 6.19. The Kier molecular flexibility index (Phi) is 2.06. The summed E-state index contributed by atoms with van der Waals surface area (Å²) in [6.07, 6.45) is 5.09. The first-order valence-electron chi connectivity index (χ1n) is 4.14. The van der Waals surface area contributed by atoms with Crippen molar-refractivity contribution in [1.29, 1.82) is 0 Å². The van der Waals surface area contributed by atoms with Crippen LogP contribution in [0, 0.1) is 17.8 Å². The lowest BCUT2D eigenvalue weighted by Crippen LogP contribution is -2.24. The molecule has 0 radical (unpaired) electrons. The van der Waals surface area contributed by atoms with Gasteiger partial charge in [-0.05, 0) is 31.1 Å². The smallest absolute Gasteiger partial charge is 0.0834 e. The summed E-state index contributed by atoms with van der Waals surface area (Å²) >= 11 is 17.6. The van der Waals surface area contributed by atoms with E-state index in [0.29, 0.717) is 11.8 Å². The monoisotopic (exact) mass is 212 g/mol. The topological polar surface area (TPSA) is 0 Å². The lowest BCUT2D eigenvalue weighted by atomic mass is 9.90. The van der Waals surface area contributed by atoms with Gasteiger partial charge in [-0.25, -0.2) is 0 Å². The highest BCUT2D eigenvalue weighted by Gasteiger charge is 2.48. The molecule has 0 aromatic carbocycles. The Morgan fingerprint density at radius 1 is 1.00 bits per heavy atom. The Bertz CT molecular complexity index is 161. The van der Waals surface area contributed by atoms with E-state index in [1.807, 2.05) is 0 Å². The molecule has 2 rings (SSSR count). The normalized spacial score (nSPS) is 43.4. The van der Waals surface area contributed by atoms with Crippen LogP contribution in [0.4, 0.5) is 0 Å². The molecule has 0 amide bonds. The molecule has 0 spiro atoms. The first kappa shape index (κ1) is 8.47. The van der Waals surface area contributed by atoms with E-state index in [2.05, 4.69) is 0 Å². The van der Waals surface area contributed by atoms with Crippen LogP contribution in [0.1, 0.15) is 25.7 Å². The van der Waals surface area contributed by atoms with E-state index in [9.17, 15) is 0 Å². The van der Waals surface area contributed by atoms with Crippen LogP contribution in [0.3, 0.4) is 0 Å². The van der Waals surface area contributed by atoms with E-state index in [1.165, 1.54) is 19.3 Å². The molecule has 2 aliphatic rings. The number of fused-ring (bicyclic) bond motifs is 2. The Labute approximate surface area is 82.2 Å². The Balaban J connectivity index is 2.08. The Morgan fingerprint density at radius 2 is 1.73 bits per heavy atom. The number of halogens is 3. The third-order valence-corrected chi connectivity index (χ3v) is 4.00. The molecule has 0 saturated heterocycles. The van der Waals surface area contributed by atoms with Crippen molar-refractivity contribution >= 4 is 34.8 Å². The van der Waals surface area contributed by atoms with Gasteiger partial charge in [-0.2, -0.15) is 0 Å². The van der Waals surface area contributed by atoms with Gasteiger partial charge in [0.2, 0.25) is 0 Å². The molecule has 0 aliphatic heterocycles. The molecule has 2 saturated carbocycles. The fraction of sp³-hybridized carbons (Fsp3) is 1.00. The minimum Gasteiger partial charge on any atom is -0.0834 e. The van der Waals surface area contributed by atoms with Crippen LogP contribution in [-0.2, 0) is 0 Å². The molecular weight excluding hydrogens is 202 g/mol. The van der Waals surface area contributed by atoms with Gasteiger partial charge in [0.05, 0.1) is 0 Å². The Hall–Kier alpha value is 0.870.